The number of carbonyl (C=O) groups excluding carboxylic acids is 1. The summed E-state index contributed by atoms with van der Waals surface area (Å²) in [6, 6.07) is 6.91. The van der Waals surface area contributed by atoms with Crippen molar-refractivity contribution in [3.8, 4) is 11.5 Å². The molecule has 0 heterocycles. The van der Waals surface area contributed by atoms with Crippen molar-refractivity contribution in [3.05, 3.63) is 24.3 Å². The van der Waals surface area contributed by atoms with E-state index in [2.05, 4.69) is 0 Å². The maximum Gasteiger partial charge on any atom is 0.239 e. The quantitative estimate of drug-likeness (QED) is 0.794. The van der Waals surface area contributed by atoms with Gasteiger partial charge in [-0.05, 0) is 30.2 Å². The molecule has 0 aliphatic heterocycles. The Labute approximate surface area is 139 Å². The van der Waals surface area contributed by atoms with Crippen LogP contribution in [0.5, 0.6) is 11.5 Å². The summed E-state index contributed by atoms with van der Waals surface area (Å²) in [5, 5.41) is 0. The molecule has 0 radical (unpaired) electrons. The molecule has 0 spiro atoms. The minimum atomic E-state index is -0.444. The number of ether oxygens (including phenoxy) is 2. The molecule has 2 atom stereocenters. The molecule has 6 heteroatoms. The summed E-state index contributed by atoms with van der Waals surface area (Å²) in [7, 11) is 3.37. The van der Waals surface area contributed by atoms with Crippen LogP contribution in [0.4, 0.5) is 0 Å². The van der Waals surface area contributed by atoms with Crippen molar-refractivity contribution in [2.45, 2.75) is 26.3 Å². The number of hydrogen-bond acceptors (Lipinski definition) is 4. The average molecular weight is 331 g/mol. The van der Waals surface area contributed by atoms with Gasteiger partial charge in [-0.25, -0.2) is 0 Å². The van der Waals surface area contributed by atoms with Gasteiger partial charge in [0.1, 0.15) is 18.1 Å². The molecule has 22 heavy (non-hydrogen) atoms. The van der Waals surface area contributed by atoms with Crippen molar-refractivity contribution in [1.82, 2.24) is 4.90 Å². The summed E-state index contributed by atoms with van der Waals surface area (Å²) in [5.74, 6) is 1.68. The highest BCUT2D eigenvalue weighted by atomic mass is 35.5. The first-order valence-electron chi connectivity index (χ1n) is 7.27. The highest BCUT2D eigenvalue weighted by Crippen LogP contribution is 2.16. The molecular weight excluding hydrogens is 304 g/mol. The Kier molecular flexibility index (Phi) is 9.61. The topological polar surface area (TPSA) is 64.8 Å². The number of likely N-dealkylation sites (N-methyl/N-ethyl adjacent to an activating group) is 1. The molecule has 0 aliphatic carbocycles. The van der Waals surface area contributed by atoms with Crippen LogP contribution < -0.4 is 15.2 Å². The standard InChI is InChI=1S/C16H26N2O3.ClH/c1-5-12(2)15(17)16(19)18(3)10-11-21-14-8-6-13(20-4)7-9-14;/h6-9,12,15H,5,10-11,17H2,1-4H3;1H. The zero-order valence-electron chi connectivity index (χ0n) is 13.7. The van der Waals surface area contributed by atoms with E-state index in [4.69, 9.17) is 15.2 Å². The predicted molar refractivity (Wildman–Crippen MR) is 90.8 cm³/mol. The van der Waals surface area contributed by atoms with Gasteiger partial charge >= 0.3 is 0 Å². The number of rotatable bonds is 8. The lowest BCUT2D eigenvalue weighted by Crippen LogP contribution is -2.46. The second kappa shape index (κ2) is 10.3. The Bertz CT molecular complexity index is 440. The summed E-state index contributed by atoms with van der Waals surface area (Å²) in [5.41, 5.74) is 5.94. The molecule has 1 amide bonds. The molecule has 0 saturated carbocycles. The van der Waals surface area contributed by atoms with Crippen LogP contribution in [-0.4, -0.2) is 44.2 Å². The van der Waals surface area contributed by atoms with E-state index in [0.717, 1.165) is 17.9 Å². The number of amides is 1. The van der Waals surface area contributed by atoms with E-state index in [0.29, 0.717) is 13.2 Å². The number of carbonyl (C=O) groups is 1. The SMILES string of the molecule is CCC(C)C(N)C(=O)N(C)CCOc1ccc(OC)cc1.Cl. The summed E-state index contributed by atoms with van der Waals surface area (Å²) in [6.07, 6.45) is 0.892. The molecule has 2 unspecified atom stereocenters. The maximum atomic E-state index is 12.1. The molecule has 5 nitrogen and oxygen atoms in total. The van der Waals surface area contributed by atoms with Gasteiger partial charge in [-0.1, -0.05) is 20.3 Å². The maximum absolute atomic E-state index is 12.1. The van der Waals surface area contributed by atoms with Crippen LogP contribution in [0.15, 0.2) is 24.3 Å². The molecule has 0 bridgehead atoms. The highest BCUT2D eigenvalue weighted by molar-refractivity contribution is 5.85. The van der Waals surface area contributed by atoms with Crippen molar-refractivity contribution in [1.29, 1.82) is 0 Å². The largest absolute Gasteiger partial charge is 0.497 e. The van der Waals surface area contributed by atoms with Gasteiger partial charge in [-0.2, -0.15) is 0 Å². The summed E-state index contributed by atoms with van der Waals surface area (Å²) in [6.45, 7) is 4.96. The molecule has 0 aromatic heterocycles. The third-order valence-corrected chi connectivity index (χ3v) is 3.67. The van der Waals surface area contributed by atoms with Crippen molar-refractivity contribution in [2.24, 2.45) is 11.7 Å². The lowest BCUT2D eigenvalue weighted by molar-refractivity contribution is -0.132. The molecule has 0 aliphatic rings. The van der Waals surface area contributed by atoms with Gasteiger partial charge in [-0.3, -0.25) is 4.79 Å². The Balaban J connectivity index is 0.00000441. The fourth-order valence-electron chi connectivity index (χ4n) is 1.83. The van der Waals surface area contributed by atoms with Crippen LogP contribution in [0, 0.1) is 5.92 Å². The van der Waals surface area contributed by atoms with Gasteiger partial charge in [0.2, 0.25) is 5.91 Å². The first-order valence-corrected chi connectivity index (χ1v) is 7.27. The fourth-order valence-corrected chi connectivity index (χ4v) is 1.83. The third kappa shape index (κ3) is 6.12. The van der Waals surface area contributed by atoms with Crippen LogP contribution >= 0.6 is 12.4 Å². The Hall–Kier alpha value is -1.46. The Morgan fingerprint density at radius 2 is 1.82 bits per heavy atom. The zero-order chi connectivity index (χ0) is 15.8. The van der Waals surface area contributed by atoms with Crippen molar-refractivity contribution >= 4 is 18.3 Å². The third-order valence-electron chi connectivity index (χ3n) is 3.67. The average Bonchev–Trinajstić information content (AvgIpc) is 2.53. The highest BCUT2D eigenvalue weighted by Gasteiger charge is 2.22. The lowest BCUT2D eigenvalue weighted by Gasteiger charge is -2.24. The second-order valence-electron chi connectivity index (χ2n) is 5.20. The summed E-state index contributed by atoms with van der Waals surface area (Å²) >= 11 is 0. The number of nitrogens with two attached hydrogens (primary N) is 1. The van der Waals surface area contributed by atoms with Gasteiger partial charge in [0, 0.05) is 7.05 Å². The van der Waals surface area contributed by atoms with Gasteiger partial charge < -0.3 is 20.1 Å². The van der Waals surface area contributed by atoms with E-state index in [1.165, 1.54) is 0 Å². The van der Waals surface area contributed by atoms with E-state index >= 15 is 0 Å². The molecule has 1 aromatic rings. The first-order chi connectivity index (χ1) is 9.99. The molecule has 2 N–H and O–H groups in total. The molecule has 1 aromatic carbocycles. The minimum Gasteiger partial charge on any atom is -0.497 e. The van der Waals surface area contributed by atoms with Crippen LogP contribution in [0.2, 0.25) is 0 Å². The lowest BCUT2D eigenvalue weighted by atomic mass is 9.99. The molecule has 0 fully saturated rings. The van der Waals surface area contributed by atoms with E-state index in [1.807, 2.05) is 38.1 Å². The minimum absolute atomic E-state index is 0. The molecule has 126 valence electrons. The van der Waals surface area contributed by atoms with Crippen molar-refractivity contribution < 1.29 is 14.3 Å². The number of benzene rings is 1. The zero-order valence-corrected chi connectivity index (χ0v) is 14.6. The van der Waals surface area contributed by atoms with Crippen molar-refractivity contribution in [2.75, 3.05) is 27.3 Å². The van der Waals surface area contributed by atoms with Crippen LogP contribution in [0.3, 0.4) is 0 Å². The monoisotopic (exact) mass is 330 g/mol. The number of methoxy groups -OCH3 is 1. The van der Waals surface area contributed by atoms with Gasteiger partial charge in [0.05, 0.1) is 19.7 Å². The number of halogens is 1. The molecular formula is C16H27ClN2O3. The van der Waals surface area contributed by atoms with Gasteiger partial charge in [0.25, 0.3) is 0 Å². The Morgan fingerprint density at radius 3 is 2.32 bits per heavy atom. The molecule has 0 saturated heterocycles. The number of nitrogens with zero attached hydrogens (tertiary/aromatic N) is 1. The fraction of sp³-hybridized carbons (Fsp3) is 0.562. The first kappa shape index (κ1) is 20.5. The van der Waals surface area contributed by atoms with E-state index < -0.39 is 6.04 Å². The second-order valence-corrected chi connectivity index (χ2v) is 5.20. The van der Waals surface area contributed by atoms with E-state index in [1.54, 1.807) is 19.1 Å². The van der Waals surface area contributed by atoms with Crippen LogP contribution in [0.1, 0.15) is 20.3 Å². The van der Waals surface area contributed by atoms with Crippen LogP contribution in [-0.2, 0) is 4.79 Å². The number of hydrogen-bond donors (Lipinski definition) is 1. The van der Waals surface area contributed by atoms with E-state index in [9.17, 15) is 4.79 Å². The summed E-state index contributed by atoms with van der Waals surface area (Å²) in [4.78, 5) is 13.7. The van der Waals surface area contributed by atoms with Crippen LogP contribution in [0.25, 0.3) is 0 Å². The normalized spacial score (nSPS) is 12.8. The predicted octanol–water partition coefficient (Wildman–Crippen LogP) is 2.33. The Morgan fingerprint density at radius 1 is 1.27 bits per heavy atom. The smallest absolute Gasteiger partial charge is 0.239 e. The molecule has 1 rings (SSSR count). The van der Waals surface area contributed by atoms with Crippen molar-refractivity contribution in [3.63, 3.8) is 0 Å². The van der Waals surface area contributed by atoms with Gasteiger partial charge in [-0.15, -0.1) is 12.4 Å². The van der Waals surface area contributed by atoms with E-state index in [-0.39, 0.29) is 24.2 Å². The summed E-state index contributed by atoms with van der Waals surface area (Å²) < 4.78 is 10.7. The van der Waals surface area contributed by atoms with Gasteiger partial charge in [0.15, 0.2) is 0 Å².